The number of hydrogen-bond donors (Lipinski definition) is 0. The lowest BCUT2D eigenvalue weighted by Crippen LogP contribution is -2.35. The fourth-order valence-corrected chi connectivity index (χ4v) is 4.95. The van der Waals surface area contributed by atoms with Crippen LogP contribution in [0.15, 0.2) is 57.4 Å². The van der Waals surface area contributed by atoms with E-state index in [1.54, 1.807) is 6.08 Å². The molecule has 0 radical (unpaired) electrons. The molecule has 136 valence electrons. The van der Waals surface area contributed by atoms with Gasteiger partial charge in [0.15, 0.2) is 0 Å². The molecule has 25 heavy (non-hydrogen) atoms. The number of nitrogens with zero attached hydrogens (tertiary/aromatic N) is 1. The van der Waals surface area contributed by atoms with Crippen LogP contribution in [0.2, 0.25) is 0 Å². The predicted molar refractivity (Wildman–Crippen MR) is 113 cm³/mol. The van der Waals surface area contributed by atoms with E-state index in [9.17, 15) is 4.21 Å². The first-order chi connectivity index (χ1) is 12.0. The minimum absolute atomic E-state index is 0.626. The first kappa shape index (κ1) is 20.6. The maximum atomic E-state index is 13.3. The molecule has 0 N–H and O–H groups in total. The SMILES string of the molecule is C=C/C=C(\C(Cl)=C/C)c1cc(Br)ccc1S(=O)N1CCC(CC)CC1. The highest BCUT2D eigenvalue weighted by Gasteiger charge is 2.25. The van der Waals surface area contributed by atoms with E-state index in [2.05, 4.69) is 33.7 Å². The molecule has 1 atom stereocenters. The Kier molecular flexibility index (Phi) is 8.14. The van der Waals surface area contributed by atoms with E-state index in [-0.39, 0.29) is 0 Å². The summed E-state index contributed by atoms with van der Waals surface area (Å²) in [5.41, 5.74) is 1.72. The summed E-state index contributed by atoms with van der Waals surface area (Å²) in [6, 6.07) is 5.84. The van der Waals surface area contributed by atoms with Gasteiger partial charge in [-0.25, -0.2) is 8.51 Å². The molecule has 1 unspecified atom stereocenters. The van der Waals surface area contributed by atoms with Gasteiger partial charge in [-0.3, -0.25) is 0 Å². The molecule has 2 nitrogen and oxygen atoms in total. The van der Waals surface area contributed by atoms with E-state index >= 15 is 0 Å². The van der Waals surface area contributed by atoms with Crippen LogP contribution in [0, 0.1) is 5.92 Å². The van der Waals surface area contributed by atoms with Crippen LogP contribution < -0.4 is 0 Å². The lowest BCUT2D eigenvalue weighted by atomic mass is 9.96. The molecule has 2 rings (SSSR count). The summed E-state index contributed by atoms with van der Waals surface area (Å²) < 4.78 is 16.3. The third-order valence-electron chi connectivity index (χ3n) is 4.60. The number of piperidine rings is 1. The molecule has 1 heterocycles. The number of benzene rings is 1. The minimum atomic E-state index is -1.20. The third-order valence-corrected chi connectivity index (χ3v) is 7.08. The Labute approximate surface area is 167 Å². The number of halogens is 2. The molecule has 1 aliphatic rings. The van der Waals surface area contributed by atoms with Crippen LogP contribution in [-0.2, 0) is 11.0 Å². The average Bonchev–Trinajstić information content (AvgIpc) is 2.65. The number of allylic oxidation sites excluding steroid dienone is 5. The highest BCUT2D eigenvalue weighted by atomic mass is 79.9. The fourth-order valence-electron chi connectivity index (χ4n) is 3.06. The normalized spacial score (nSPS) is 19.0. The average molecular weight is 443 g/mol. The first-order valence-electron chi connectivity index (χ1n) is 8.63. The third kappa shape index (κ3) is 5.16. The van der Waals surface area contributed by atoms with Gasteiger partial charge in [0.05, 0.1) is 4.90 Å². The van der Waals surface area contributed by atoms with Crippen molar-refractivity contribution in [1.82, 2.24) is 4.31 Å². The first-order valence-corrected chi connectivity index (χ1v) is 10.9. The van der Waals surface area contributed by atoms with E-state index < -0.39 is 11.0 Å². The Morgan fingerprint density at radius 1 is 1.44 bits per heavy atom. The molecule has 0 bridgehead atoms. The van der Waals surface area contributed by atoms with Gasteiger partial charge in [0.2, 0.25) is 0 Å². The molecule has 0 saturated carbocycles. The number of hydrogen-bond acceptors (Lipinski definition) is 1. The lowest BCUT2D eigenvalue weighted by Gasteiger charge is -2.30. The predicted octanol–water partition coefficient (Wildman–Crippen LogP) is 6.31. The maximum absolute atomic E-state index is 13.3. The summed E-state index contributed by atoms with van der Waals surface area (Å²) in [4.78, 5) is 0.797. The van der Waals surface area contributed by atoms with Gasteiger partial charge in [0.25, 0.3) is 0 Å². The molecule has 1 aromatic rings. The molecule has 5 heteroatoms. The van der Waals surface area contributed by atoms with Crippen LogP contribution in [0.1, 0.15) is 38.7 Å². The Hall–Kier alpha value is -0.680. The van der Waals surface area contributed by atoms with Crippen LogP contribution in [0.3, 0.4) is 0 Å². The van der Waals surface area contributed by atoms with Crippen LogP contribution in [0.4, 0.5) is 0 Å². The molecule has 0 aliphatic carbocycles. The summed E-state index contributed by atoms with van der Waals surface area (Å²) in [6.45, 7) is 9.66. The summed E-state index contributed by atoms with van der Waals surface area (Å²) in [6.07, 6.45) is 8.85. The van der Waals surface area contributed by atoms with Crippen molar-refractivity contribution in [2.45, 2.75) is 38.0 Å². The molecular weight excluding hydrogens is 418 g/mol. The molecule has 1 fully saturated rings. The Morgan fingerprint density at radius 2 is 2.12 bits per heavy atom. The summed E-state index contributed by atoms with van der Waals surface area (Å²) in [7, 11) is -1.20. The molecule has 0 spiro atoms. The van der Waals surface area contributed by atoms with Gasteiger partial charge in [-0.15, -0.1) is 0 Å². The topological polar surface area (TPSA) is 20.3 Å². The van der Waals surface area contributed by atoms with E-state index in [0.717, 1.165) is 52.4 Å². The summed E-state index contributed by atoms with van der Waals surface area (Å²) in [5, 5.41) is 0.626. The molecule has 0 amide bonds. The smallest absolute Gasteiger partial charge is 0.128 e. The molecule has 1 saturated heterocycles. The Bertz CT molecular complexity index is 706. The highest BCUT2D eigenvalue weighted by molar-refractivity contribution is 9.10. The standard InChI is InChI=1S/C20H25BrClNOS/c1-4-7-17(19(22)6-3)18-14-16(21)8-9-20(18)25(24)23-12-10-15(5-2)11-13-23/h4,6-9,14-15H,1,5,10-13H2,2-3H3/b17-7-,19-6+. The van der Waals surface area contributed by atoms with Gasteiger partial charge in [0.1, 0.15) is 11.0 Å². The van der Waals surface area contributed by atoms with Crippen molar-refractivity contribution in [1.29, 1.82) is 0 Å². The largest absolute Gasteiger partial charge is 0.237 e. The van der Waals surface area contributed by atoms with Crippen molar-refractivity contribution < 1.29 is 4.21 Å². The van der Waals surface area contributed by atoms with Crippen LogP contribution in [-0.4, -0.2) is 21.6 Å². The zero-order valence-electron chi connectivity index (χ0n) is 14.8. The van der Waals surface area contributed by atoms with Crippen molar-refractivity contribution in [2.24, 2.45) is 5.92 Å². The van der Waals surface area contributed by atoms with E-state index in [1.807, 2.05) is 37.3 Å². The van der Waals surface area contributed by atoms with Crippen LogP contribution >= 0.6 is 27.5 Å². The van der Waals surface area contributed by atoms with Crippen molar-refractivity contribution >= 4 is 44.1 Å². The summed E-state index contributed by atoms with van der Waals surface area (Å²) in [5.74, 6) is 0.756. The van der Waals surface area contributed by atoms with Crippen molar-refractivity contribution in [3.05, 3.63) is 58.1 Å². The van der Waals surface area contributed by atoms with E-state index in [1.165, 1.54) is 6.42 Å². The second-order valence-electron chi connectivity index (χ2n) is 6.12. The van der Waals surface area contributed by atoms with Gasteiger partial charge in [-0.1, -0.05) is 65.7 Å². The Morgan fingerprint density at radius 3 is 2.68 bits per heavy atom. The van der Waals surface area contributed by atoms with Crippen LogP contribution in [0.5, 0.6) is 0 Å². The second-order valence-corrected chi connectivity index (χ2v) is 8.90. The maximum Gasteiger partial charge on any atom is 0.128 e. The van der Waals surface area contributed by atoms with E-state index in [4.69, 9.17) is 11.6 Å². The highest BCUT2D eigenvalue weighted by Crippen LogP contribution is 2.34. The van der Waals surface area contributed by atoms with Gasteiger partial charge in [-0.05, 0) is 43.9 Å². The molecule has 1 aliphatic heterocycles. The monoisotopic (exact) mass is 441 g/mol. The minimum Gasteiger partial charge on any atom is -0.237 e. The quantitative estimate of drug-likeness (QED) is 0.473. The Balaban J connectivity index is 2.40. The lowest BCUT2D eigenvalue weighted by molar-refractivity contribution is 0.278. The molecule has 1 aromatic carbocycles. The fraction of sp³-hybridized carbons (Fsp3) is 0.400. The van der Waals surface area contributed by atoms with E-state index in [0.29, 0.717) is 5.03 Å². The van der Waals surface area contributed by atoms with Gasteiger partial charge in [-0.2, -0.15) is 0 Å². The number of rotatable bonds is 6. The van der Waals surface area contributed by atoms with Crippen molar-refractivity contribution in [2.75, 3.05) is 13.1 Å². The van der Waals surface area contributed by atoms with Crippen molar-refractivity contribution in [3.63, 3.8) is 0 Å². The molecular formula is C20H25BrClNOS. The summed E-state index contributed by atoms with van der Waals surface area (Å²) >= 11 is 9.94. The second kappa shape index (κ2) is 9.86. The molecule has 0 aromatic heterocycles. The zero-order valence-corrected chi connectivity index (χ0v) is 18.0. The van der Waals surface area contributed by atoms with Gasteiger partial charge < -0.3 is 0 Å². The van der Waals surface area contributed by atoms with Gasteiger partial charge in [0, 0.05) is 33.7 Å². The van der Waals surface area contributed by atoms with Crippen LogP contribution in [0.25, 0.3) is 5.57 Å². The van der Waals surface area contributed by atoms with Gasteiger partial charge >= 0.3 is 0 Å². The zero-order chi connectivity index (χ0) is 18.4. The van der Waals surface area contributed by atoms with Crippen molar-refractivity contribution in [3.8, 4) is 0 Å².